The molecule has 4 nitrogen and oxygen atoms in total. The van der Waals surface area contributed by atoms with E-state index < -0.39 is 0 Å². The van der Waals surface area contributed by atoms with Gasteiger partial charge in [-0.15, -0.1) is 0 Å². The molecule has 0 amide bonds. The lowest BCUT2D eigenvalue weighted by molar-refractivity contribution is 0.0527. The average molecular weight is 280 g/mol. The number of esters is 1. The van der Waals surface area contributed by atoms with E-state index in [4.69, 9.17) is 10.5 Å². The molecule has 0 bridgehead atoms. The van der Waals surface area contributed by atoms with Gasteiger partial charge in [-0.3, -0.25) is 0 Å². The number of anilines is 2. The Hall–Kier alpha value is -1.36. The van der Waals surface area contributed by atoms with Crippen LogP contribution in [0.15, 0.2) is 18.2 Å². The van der Waals surface area contributed by atoms with Crippen LogP contribution in [0.1, 0.15) is 30.1 Å². The second-order valence-electron chi connectivity index (χ2n) is 4.76. The van der Waals surface area contributed by atoms with Gasteiger partial charge in [-0.2, -0.15) is 11.8 Å². The largest absolute Gasteiger partial charge is 0.462 e. The van der Waals surface area contributed by atoms with E-state index in [2.05, 4.69) is 11.6 Å². The zero-order valence-corrected chi connectivity index (χ0v) is 12.2. The molecule has 5 heteroatoms. The standard InChI is InChI=1S/C14H20N2O2S/c1-3-18-13(17)11-8-10(4-5-12(11)15)16-9-14(19-2)6-7-14/h4-5,8,16H,3,6-7,9,15H2,1-2H3. The number of ether oxygens (including phenoxy) is 1. The Kier molecular flexibility index (Phi) is 4.24. The topological polar surface area (TPSA) is 64.3 Å². The van der Waals surface area contributed by atoms with Gasteiger partial charge in [0, 0.05) is 22.7 Å². The molecule has 1 aromatic carbocycles. The van der Waals surface area contributed by atoms with Crippen molar-refractivity contribution < 1.29 is 9.53 Å². The van der Waals surface area contributed by atoms with Gasteiger partial charge >= 0.3 is 5.97 Å². The van der Waals surface area contributed by atoms with Gasteiger partial charge in [0.1, 0.15) is 0 Å². The molecular weight excluding hydrogens is 260 g/mol. The van der Waals surface area contributed by atoms with E-state index in [-0.39, 0.29) is 5.97 Å². The van der Waals surface area contributed by atoms with Gasteiger partial charge in [0.05, 0.1) is 12.2 Å². The van der Waals surface area contributed by atoms with Gasteiger partial charge in [0.25, 0.3) is 0 Å². The van der Waals surface area contributed by atoms with Gasteiger partial charge < -0.3 is 15.8 Å². The van der Waals surface area contributed by atoms with E-state index in [1.54, 1.807) is 19.1 Å². The van der Waals surface area contributed by atoms with Crippen LogP contribution in [0.3, 0.4) is 0 Å². The summed E-state index contributed by atoms with van der Waals surface area (Å²) in [4.78, 5) is 11.8. The van der Waals surface area contributed by atoms with Crippen LogP contribution in [0.5, 0.6) is 0 Å². The highest BCUT2D eigenvalue weighted by Gasteiger charge is 2.41. The quantitative estimate of drug-likeness (QED) is 0.619. The van der Waals surface area contributed by atoms with Crippen LogP contribution in [0, 0.1) is 0 Å². The highest BCUT2D eigenvalue weighted by molar-refractivity contribution is 8.00. The van der Waals surface area contributed by atoms with Crippen molar-refractivity contribution in [1.82, 2.24) is 0 Å². The van der Waals surface area contributed by atoms with Crippen LogP contribution in [0.25, 0.3) is 0 Å². The molecule has 1 aliphatic rings. The molecular formula is C14H20N2O2S. The molecule has 0 aromatic heterocycles. The van der Waals surface area contributed by atoms with Crippen LogP contribution < -0.4 is 11.1 Å². The highest BCUT2D eigenvalue weighted by Crippen LogP contribution is 2.47. The molecule has 0 heterocycles. The first kappa shape index (κ1) is 14.1. The SMILES string of the molecule is CCOC(=O)c1cc(NCC2(SC)CC2)ccc1N. The summed E-state index contributed by atoms with van der Waals surface area (Å²) in [5, 5.41) is 3.38. The Morgan fingerprint density at radius 3 is 2.84 bits per heavy atom. The minimum atomic E-state index is -0.366. The maximum Gasteiger partial charge on any atom is 0.340 e. The predicted octanol–water partition coefficient (Wildman–Crippen LogP) is 2.75. The molecule has 0 radical (unpaired) electrons. The minimum absolute atomic E-state index is 0.353. The smallest absolute Gasteiger partial charge is 0.340 e. The van der Waals surface area contributed by atoms with Crippen molar-refractivity contribution in [3.8, 4) is 0 Å². The van der Waals surface area contributed by atoms with Crippen molar-refractivity contribution in [3.05, 3.63) is 23.8 Å². The first-order chi connectivity index (χ1) is 9.10. The summed E-state index contributed by atoms with van der Waals surface area (Å²) in [7, 11) is 0. The summed E-state index contributed by atoms with van der Waals surface area (Å²) in [6, 6.07) is 5.41. The first-order valence-corrected chi connectivity index (χ1v) is 7.68. The maximum atomic E-state index is 11.8. The van der Waals surface area contributed by atoms with Crippen LogP contribution in [0.4, 0.5) is 11.4 Å². The third-order valence-corrected chi connectivity index (χ3v) is 4.82. The van der Waals surface area contributed by atoms with E-state index in [0.717, 1.165) is 12.2 Å². The molecule has 1 saturated carbocycles. The van der Waals surface area contributed by atoms with E-state index in [1.807, 2.05) is 17.8 Å². The number of nitrogen functional groups attached to an aromatic ring is 1. The third kappa shape index (κ3) is 3.35. The fourth-order valence-electron chi connectivity index (χ4n) is 1.91. The number of hydrogen-bond acceptors (Lipinski definition) is 5. The van der Waals surface area contributed by atoms with Gasteiger partial charge in [0.2, 0.25) is 0 Å². The van der Waals surface area contributed by atoms with Gasteiger partial charge in [-0.05, 0) is 44.2 Å². The zero-order valence-electron chi connectivity index (χ0n) is 11.4. The number of carbonyl (C=O) groups is 1. The lowest BCUT2D eigenvalue weighted by Crippen LogP contribution is -2.18. The normalized spacial score (nSPS) is 15.9. The number of nitrogens with one attached hydrogen (secondary N) is 1. The van der Waals surface area contributed by atoms with Crippen molar-refractivity contribution in [3.63, 3.8) is 0 Å². The predicted molar refractivity (Wildman–Crippen MR) is 80.8 cm³/mol. The van der Waals surface area contributed by atoms with Crippen LogP contribution in [-0.2, 0) is 4.74 Å². The second-order valence-corrected chi connectivity index (χ2v) is 6.04. The molecule has 104 valence electrons. The van der Waals surface area contributed by atoms with Gasteiger partial charge in [0.15, 0.2) is 0 Å². The van der Waals surface area contributed by atoms with Crippen molar-refractivity contribution in [2.24, 2.45) is 0 Å². The molecule has 1 aromatic rings. The Balaban J connectivity index is 2.05. The second kappa shape index (κ2) is 5.74. The van der Waals surface area contributed by atoms with Crippen molar-refractivity contribution in [2.45, 2.75) is 24.5 Å². The molecule has 0 saturated heterocycles. The van der Waals surface area contributed by atoms with Crippen molar-refractivity contribution in [1.29, 1.82) is 0 Å². The Labute approximate surface area is 118 Å². The number of benzene rings is 1. The summed E-state index contributed by atoms with van der Waals surface area (Å²) in [5.74, 6) is -0.366. The molecule has 0 atom stereocenters. The molecule has 0 unspecified atom stereocenters. The fraction of sp³-hybridized carbons (Fsp3) is 0.500. The summed E-state index contributed by atoms with van der Waals surface area (Å²) < 4.78 is 5.37. The average Bonchev–Trinajstić information content (AvgIpc) is 3.19. The van der Waals surface area contributed by atoms with Gasteiger partial charge in [-0.25, -0.2) is 4.79 Å². The van der Waals surface area contributed by atoms with E-state index in [1.165, 1.54) is 12.8 Å². The van der Waals surface area contributed by atoms with Crippen LogP contribution in [-0.4, -0.2) is 30.1 Å². The Bertz CT molecular complexity index is 473. The van der Waals surface area contributed by atoms with E-state index in [9.17, 15) is 4.79 Å². The molecule has 1 aliphatic carbocycles. The molecule has 19 heavy (non-hydrogen) atoms. The number of rotatable bonds is 6. The summed E-state index contributed by atoms with van der Waals surface area (Å²) >= 11 is 1.90. The number of hydrogen-bond donors (Lipinski definition) is 2. The zero-order chi connectivity index (χ0) is 13.9. The van der Waals surface area contributed by atoms with E-state index >= 15 is 0 Å². The summed E-state index contributed by atoms with van der Waals surface area (Å²) in [6.07, 6.45) is 4.64. The summed E-state index contributed by atoms with van der Waals surface area (Å²) in [6.45, 7) is 3.05. The molecule has 1 fully saturated rings. The lowest BCUT2D eigenvalue weighted by atomic mass is 10.1. The maximum absolute atomic E-state index is 11.8. The number of nitrogens with two attached hydrogens (primary N) is 1. The fourth-order valence-corrected chi connectivity index (χ4v) is 2.63. The molecule has 0 spiro atoms. The van der Waals surface area contributed by atoms with Crippen molar-refractivity contribution in [2.75, 3.05) is 30.5 Å². The molecule has 3 N–H and O–H groups in total. The Morgan fingerprint density at radius 2 is 2.26 bits per heavy atom. The molecule has 0 aliphatic heterocycles. The van der Waals surface area contributed by atoms with E-state index in [0.29, 0.717) is 22.6 Å². The monoisotopic (exact) mass is 280 g/mol. The third-order valence-electron chi connectivity index (χ3n) is 3.40. The minimum Gasteiger partial charge on any atom is -0.462 e. The lowest BCUT2D eigenvalue weighted by Gasteiger charge is -2.15. The van der Waals surface area contributed by atoms with Crippen molar-refractivity contribution >= 4 is 29.1 Å². The number of carbonyl (C=O) groups excluding carboxylic acids is 1. The molecule has 2 rings (SSSR count). The first-order valence-electron chi connectivity index (χ1n) is 6.46. The summed E-state index contributed by atoms with van der Waals surface area (Å²) in [5.41, 5.74) is 7.61. The van der Waals surface area contributed by atoms with Crippen LogP contribution >= 0.6 is 11.8 Å². The van der Waals surface area contributed by atoms with Gasteiger partial charge in [-0.1, -0.05) is 0 Å². The highest BCUT2D eigenvalue weighted by atomic mass is 32.2. The van der Waals surface area contributed by atoms with Crippen LogP contribution in [0.2, 0.25) is 0 Å². The Morgan fingerprint density at radius 1 is 1.53 bits per heavy atom. The number of thioether (sulfide) groups is 1.